The van der Waals surface area contributed by atoms with Gasteiger partial charge in [-0.3, -0.25) is 4.79 Å². The molecular weight excluding hydrogens is 272 g/mol. The first kappa shape index (κ1) is 13.6. The summed E-state index contributed by atoms with van der Waals surface area (Å²) in [7, 11) is 3.15. The molecule has 1 atom stereocenters. The lowest BCUT2D eigenvalue weighted by atomic mass is 10.1. The van der Waals surface area contributed by atoms with E-state index < -0.39 is 0 Å². The topological polar surface area (TPSA) is 74.5 Å². The Morgan fingerprint density at radius 2 is 2.05 bits per heavy atom. The van der Waals surface area contributed by atoms with Gasteiger partial charge in [-0.2, -0.15) is 4.98 Å². The first-order valence-corrected chi connectivity index (χ1v) is 6.81. The fraction of sp³-hybridized carbons (Fsp3) is 0.400. The summed E-state index contributed by atoms with van der Waals surface area (Å²) in [6.45, 7) is 0. The average molecular weight is 288 g/mol. The van der Waals surface area contributed by atoms with E-state index in [4.69, 9.17) is 14.0 Å². The first-order valence-electron chi connectivity index (χ1n) is 6.81. The van der Waals surface area contributed by atoms with Gasteiger partial charge in [-0.15, -0.1) is 0 Å². The maximum atomic E-state index is 11.7. The zero-order valence-electron chi connectivity index (χ0n) is 12.0. The number of ether oxygens (including phenoxy) is 2. The van der Waals surface area contributed by atoms with Gasteiger partial charge in [0.2, 0.25) is 11.7 Å². The van der Waals surface area contributed by atoms with Crippen LogP contribution >= 0.6 is 0 Å². The van der Waals surface area contributed by atoms with E-state index in [1.807, 2.05) is 6.07 Å². The van der Waals surface area contributed by atoms with E-state index in [1.165, 1.54) is 0 Å². The quantitative estimate of drug-likeness (QED) is 0.860. The molecule has 6 nitrogen and oxygen atoms in total. The van der Waals surface area contributed by atoms with E-state index in [0.717, 1.165) is 18.4 Å². The summed E-state index contributed by atoms with van der Waals surface area (Å²) in [6.07, 6.45) is 2.27. The van der Waals surface area contributed by atoms with Gasteiger partial charge in [0.25, 0.3) is 0 Å². The third-order valence-corrected chi connectivity index (χ3v) is 3.69. The number of Topliss-reactive ketones (excluding diaryl/α,β-unsaturated/α-hetero) is 1. The molecule has 1 aromatic carbocycles. The molecule has 2 aromatic rings. The van der Waals surface area contributed by atoms with Crippen LogP contribution in [0.3, 0.4) is 0 Å². The molecule has 21 heavy (non-hydrogen) atoms. The number of benzene rings is 1. The highest BCUT2D eigenvalue weighted by Gasteiger charge is 2.31. The van der Waals surface area contributed by atoms with Gasteiger partial charge in [-0.05, 0) is 31.0 Å². The maximum Gasteiger partial charge on any atom is 0.237 e. The van der Waals surface area contributed by atoms with Gasteiger partial charge in [-0.1, -0.05) is 5.16 Å². The molecule has 1 aliphatic rings. The van der Waals surface area contributed by atoms with Crippen LogP contribution in [0.2, 0.25) is 0 Å². The van der Waals surface area contributed by atoms with Crippen molar-refractivity contribution in [2.24, 2.45) is 0 Å². The lowest BCUT2D eigenvalue weighted by molar-refractivity contribution is -0.119. The van der Waals surface area contributed by atoms with Gasteiger partial charge in [0, 0.05) is 12.0 Å². The molecule has 0 amide bonds. The van der Waals surface area contributed by atoms with Crippen molar-refractivity contribution in [1.29, 1.82) is 0 Å². The van der Waals surface area contributed by atoms with Crippen LogP contribution in [-0.4, -0.2) is 30.1 Å². The fourth-order valence-corrected chi connectivity index (χ4v) is 2.55. The van der Waals surface area contributed by atoms with E-state index in [9.17, 15) is 4.79 Å². The molecule has 0 N–H and O–H groups in total. The number of rotatable bonds is 4. The number of hydrogen-bond acceptors (Lipinski definition) is 6. The highest BCUT2D eigenvalue weighted by Crippen LogP contribution is 2.34. The molecule has 1 fully saturated rings. The summed E-state index contributed by atoms with van der Waals surface area (Å²) in [5.74, 6) is 2.02. The molecule has 1 unspecified atom stereocenters. The minimum absolute atomic E-state index is 0.178. The highest BCUT2D eigenvalue weighted by molar-refractivity contribution is 5.86. The largest absolute Gasteiger partial charge is 0.493 e. The normalized spacial score (nSPS) is 18.0. The second-order valence-electron chi connectivity index (χ2n) is 4.94. The van der Waals surface area contributed by atoms with Gasteiger partial charge in [0.05, 0.1) is 20.1 Å². The monoisotopic (exact) mass is 288 g/mol. The minimum Gasteiger partial charge on any atom is -0.493 e. The van der Waals surface area contributed by atoms with Gasteiger partial charge in [0.15, 0.2) is 11.5 Å². The van der Waals surface area contributed by atoms with Crippen LogP contribution in [0.1, 0.15) is 31.1 Å². The van der Waals surface area contributed by atoms with E-state index >= 15 is 0 Å². The SMILES string of the molecule is COc1ccc(-c2noc(C3CCCC3=O)n2)cc1OC. The Morgan fingerprint density at radius 1 is 1.24 bits per heavy atom. The van der Waals surface area contributed by atoms with Crippen LogP contribution in [-0.2, 0) is 4.79 Å². The zero-order valence-corrected chi connectivity index (χ0v) is 12.0. The maximum absolute atomic E-state index is 11.7. The number of nitrogens with zero attached hydrogens (tertiary/aromatic N) is 2. The Kier molecular flexibility index (Phi) is 3.60. The molecule has 110 valence electrons. The second kappa shape index (κ2) is 5.55. The van der Waals surface area contributed by atoms with Crippen LogP contribution in [0.15, 0.2) is 22.7 Å². The number of aromatic nitrogens is 2. The van der Waals surface area contributed by atoms with Crippen LogP contribution < -0.4 is 9.47 Å². The van der Waals surface area contributed by atoms with Crippen molar-refractivity contribution in [3.63, 3.8) is 0 Å². The minimum atomic E-state index is -0.244. The van der Waals surface area contributed by atoms with Crippen LogP contribution in [0.4, 0.5) is 0 Å². The van der Waals surface area contributed by atoms with Gasteiger partial charge >= 0.3 is 0 Å². The molecule has 1 aliphatic carbocycles. The predicted octanol–water partition coefficient (Wildman–Crippen LogP) is 2.59. The molecule has 1 heterocycles. The Bertz CT molecular complexity index is 665. The van der Waals surface area contributed by atoms with Gasteiger partial charge < -0.3 is 14.0 Å². The van der Waals surface area contributed by atoms with Gasteiger partial charge in [-0.25, -0.2) is 0 Å². The Labute approximate surface area is 122 Å². The smallest absolute Gasteiger partial charge is 0.237 e. The van der Waals surface area contributed by atoms with E-state index in [0.29, 0.717) is 29.6 Å². The molecule has 0 aliphatic heterocycles. The standard InChI is InChI=1S/C15H16N2O4/c1-19-12-7-6-9(8-13(12)20-2)14-16-15(21-17-14)10-4-3-5-11(10)18/h6-8,10H,3-5H2,1-2H3. The molecule has 0 bridgehead atoms. The van der Waals surface area contributed by atoms with Crippen molar-refractivity contribution in [3.05, 3.63) is 24.1 Å². The molecule has 6 heteroatoms. The number of ketones is 1. The van der Waals surface area contributed by atoms with Crippen molar-refractivity contribution >= 4 is 5.78 Å². The summed E-state index contributed by atoms with van der Waals surface area (Å²) in [4.78, 5) is 16.1. The Morgan fingerprint density at radius 3 is 2.71 bits per heavy atom. The molecule has 3 rings (SSSR count). The molecule has 1 aromatic heterocycles. The molecule has 0 spiro atoms. The number of hydrogen-bond donors (Lipinski definition) is 0. The van der Waals surface area contributed by atoms with E-state index in [2.05, 4.69) is 10.1 Å². The predicted molar refractivity (Wildman–Crippen MR) is 74.4 cm³/mol. The Balaban J connectivity index is 1.91. The lowest BCUT2D eigenvalue weighted by Gasteiger charge is -2.07. The number of carbonyl (C=O) groups excluding carboxylic acids is 1. The summed E-state index contributed by atoms with van der Waals surface area (Å²) < 4.78 is 15.7. The van der Waals surface area contributed by atoms with Crippen LogP contribution in [0, 0.1) is 0 Å². The number of carbonyl (C=O) groups is 1. The number of methoxy groups -OCH3 is 2. The Hall–Kier alpha value is -2.37. The first-order chi connectivity index (χ1) is 10.2. The van der Waals surface area contributed by atoms with Gasteiger partial charge in [0.1, 0.15) is 5.78 Å². The molecule has 0 saturated heterocycles. The van der Waals surface area contributed by atoms with Crippen LogP contribution in [0.25, 0.3) is 11.4 Å². The second-order valence-corrected chi connectivity index (χ2v) is 4.94. The molecular formula is C15H16N2O4. The third kappa shape index (κ3) is 2.49. The summed E-state index contributed by atoms with van der Waals surface area (Å²) in [5, 5.41) is 3.96. The summed E-state index contributed by atoms with van der Waals surface area (Å²) in [5.41, 5.74) is 0.757. The van der Waals surface area contributed by atoms with Crippen molar-refractivity contribution in [2.75, 3.05) is 14.2 Å². The van der Waals surface area contributed by atoms with Crippen molar-refractivity contribution in [2.45, 2.75) is 25.2 Å². The van der Waals surface area contributed by atoms with Crippen molar-refractivity contribution in [1.82, 2.24) is 10.1 Å². The average Bonchev–Trinajstić information content (AvgIpc) is 3.15. The lowest BCUT2D eigenvalue weighted by Crippen LogP contribution is -2.04. The highest BCUT2D eigenvalue weighted by atomic mass is 16.5. The van der Waals surface area contributed by atoms with Crippen molar-refractivity contribution < 1.29 is 18.8 Å². The van der Waals surface area contributed by atoms with E-state index in [-0.39, 0.29) is 11.7 Å². The molecule has 1 saturated carbocycles. The third-order valence-electron chi connectivity index (χ3n) is 3.69. The fourth-order valence-electron chi connectivity index (χ4n) is 2.55. The van der Waals surface area contributed by atoms with Crippen molar-refractivity contribution in [3.8, 4) is 22.9 Å². The summed E-state index contributed by atoms with van der Waals surface area (Å²) in [6, 6.07) is 5.39. The van der Waals surface area contributed by atoms with E-state index in [1.54, 1.807) is 26.4 Å². The summed E-state index contributed by atoms with van der Waals surface area (Å²) >= 11 is 0. The molecule has 0 radical (unpaired) electrons. The van der Waals surface area contributed by atoms with Crippen LogP contribution in [0.5, 0.6) is 11.5 Å². The zero-order chi connectivity index (χ0) is 14.8.